The van der Waals surface area contributed by atoms with Crippen molar-refractivity contribution in [3.8, 4) is 11.5 Å². The topological polar surface area (TPSA) is 110 Å². The van der Waals surface area contributed by atoms with Crippen LogP contribution in [0.15, 0.2) is 48.8 Å². The summed E-state index contributed by atoms with van der Waals surface area (Å²) in [5, 5.41) is 12.8. The Morgan fingerprint density at radius 2 is 1.88 bits per heavy atom. The van der Waals surface area contributed by atoms with Crippen LogP contribution in [-0.4, -0.2) is 86.7 Å². The molecular weight excluding hydrogens is 623 g/mol. The van der Waals surface area contributed by atoms with E-state index in [0.29, 0.717) is 56.7 Å². The third-order valence-electron chi connectivity index (χ3n) is 9.64. The number of β-amino-alcohol motifs (C(OH)–C–C–N with tert-alkyl or cyclic N) is 1. The number of aliphatic hydroxyl groups excluding tert-OH is 1. The largest absolute Gasteiger partial charge is 0.455 e. The Bertz CT molecular complexity index is 1780. The number of fused-ring (bicyclic) bond motifs is 2. The molecule has 3 aliphatic rings. The smallest absolute Gasteiger partial charge is 0.416 e. The lowest BCUT2D eigenvalue weighted by atomic mass is 9.92. The number of alkyl halides is 3. The number of aromatic amines is 1. The van der Waals surface area contributed by atoms with Crippen LogP contribution in [0, 0.1) is 0 Å². The van der Waals surface area contributed by atoms with Crippen LogP contribution in [0.5, 0.6) is 11.5 Å². The van der Waals surface area contributed by atoms with Gasteiger partial charge < -0.3 is 25.0 Å². The number of nitrogens with zero attached hydrogens (tertiary/aromatic N) is 5. The van der Waals surface area contributed by atoms with E-state index in [4.69, 9.17) is 14.8 Å². The molecule has 1 aromatic carbocycles. The number of pyridine rings is 2. The lowest BCUT2D eigenvalue weighted by molar-refractivity contribution is -0.138. The van der Waals surface area contributed by atoms with E-state index < -0.39 is 17.8 Å². The van der Waals surface area contributed by atoms with Gasteiger partial charge in [-0.1, -0.05) is 13.0 Å². The van der Waals surface area contributed by atoms with Crippen LogP contribution < -0.4 is 10.1 Å². The molecular formula is C35H40F3N7O3. The number of benzene rings is 1. The summed E-state index contributed by atoms with van der Waals surface area (Å²) in [7, 11) is 0. The van der Waals surface area contributed by atoms with Crippen molar-refractivity contribution in [3.63, 3.8) is 0 Å². The fourth-order valence-corrected chi connectivity index (χ4v) is 6.81. The Labute approximate surface area is 276 Å². The van der Waals surface area contributed by atoms with Gasteiger partial charge in [-0.25, -0.2) is 9.78 Å². The SMILES string of the molecule is CC[C@H]1CN(C(=O)Nc2ccc(CN3CCN(CCO)CC3)c(C(F)(F)F)c2)Cc2cc(Oc3ccnc4[nH]c(C5CC5)cc34)cnc21. The summed E-state index contributed by atoms with van der Waals surface area (Å²) < 4.78 is 48.9. The van der Waals surface area contributed by atoms with Gasteiger partial charge >= 0.3 is 12.2 Å². The Balaban J connectivity index is 1.05. The molecule has 0 spiro atoms. The number of nitrogens with one attached hydrogen (secondary N) is 2. The number of anilines is 1. The number of aromatic nitrogens is 3. The van der Waals surface area contributed by atoms with E-state index in [1.54, 1.807) is 17.3 Å². The van der Waals surface area contributed by atoms with E-state index >= 15 is 0 Å². The molecule has 1 saturated heterocycles. The van der Waals surface area contributed by atoms with Crippen LogP contribution in [0.4, 0.5) is 23.7 Å². The van der Waals surface area contributed by atoms with Crippen molar-refractivity contribution in [2.45, 2.75) is 57.3 Å². The molecule has 0 unspecified atom stereocenters. The highest BCUT2D eigenvalue weighted by Crippen LogP contribution is 2.42. The van der Waals surface area contributed by atoms with E-state index in [9.17, 15) is 18.0 Å². The van der Waals surface area contributed by atoms with Gasteiger partial charge in [0, 0.05) is 75.9 Å². The zero-order chi connectivity index (χ0) is 33.4. The number of hydrogen-bond acceptors (Lipinski definition) is 7. The number of piperazine rings is 1. The molecule has 5 heterocycles. The summed E-state index contributed by atoms with van der Waals surface area (Å²) in [5.74, 6) is 1.71. The number of halogens is 3. The second kappa shape index (κ2) is 13.4. The van der Waals surface area contributed by atoms with Gasteiger partial charge in [0.25, 0.3) is 0 Å². The lowest BCUT2D eigenvalue weighted by Crippen LogP contribution is -2.46. The van der Waals surface area contributed by atoms with Crippen molar-refractivity contribution in [3.05, 3.63) is 76.9 Å². The van der Waals surface area contributed by atoms with Crippen molar-refractivity contribution >= 4 is 22.8 Å². The molecule has 48 heavy (non-hydrogen) atoms. The Hall–Kier alpha value is -4.20. The minimum Gasteiger partial charge on any atom is -0.455 e. The van der Waals surface area contributed by atoms with Crippen LogP contribution in [0.3, 0.4) is 0 Å². The van der Waals surface area contributed by atoms with Gasteiger partial charge in [0.05, 0.1) is 29.4 Å². The summed E-state index contributed by atoms with van der Waals surface area (Å²) in [4.78, 5) is 31.8. The first kappa shape index (κ1) is 32.4. The first-order valence-corrected chi connectivity index (χ1v) is 16.6. The number of ether oxygens (including phenoxy) is 1. The average Bonchev–Trinajstić information content (AvgIpc) is 3.83. The standard InChI is InChI=1S/C35H40F3N7O3/c1-2-22-20-45(21-25-15-27(18-40-32(22)25)48-31-7-8-39-33-28(31)17-30(42-33)23-3-4-23)34(47)41-26-6-5-24(29(16-26)35(36,37)38)19-44-11-9-43(10-12-44)13-14-46/h5-8,15-18,22-23,46H,2-4,9-14,19-21H2,1H3,(H,39,42)(H,41,47)/t22-/m0/s1. The van der Waals surface area contributed by atoms with Crippen molar-refractivity contribution in [2.24, 2.45) is 0 Å². The molecule has 10 nitrogen and oxygen atoms in total. The molecule has 7 rings (SSSR count). The predicted molar refractivity (Wildman–Crippen MR) is 175 cm³/mol. The lowest BCUT2D eigenvalue weighted by Gasteiger charge is -2.35. The van der Waals surface area contributed by atoms with Gasteiger partial charge in [-0.3, -0.25) is 14.8 Å². The summed E-state index contributed by atoms with van der Waals surface area (Å²) in [6.07, 6.45) is 1.90. The zero-order valence-electron chi connectivity index (χ0n) is 26.9. The van der Waals surface area contributed by atoms with Gasteiger partial charge in [0.15, 0.2) is 0 Å². The molecule has 13 heteroatoms. The normalized spacial score (nSPS) is 19.0. The average molecular weight is 664 g/mol. The molecule has 1 aliphatic carbocycles. The van der Waals surface area contributed by atoms with Gasteiger partial charge in [-0.15, -0.1) is 0 Å². The number of carbonyl (C=O) groups excluding carboxylic acids is 1. The first-order valence-electron chi connectivity index (χ1n) is 16.6. The number of amides is 2. The molecule has 254 valence electrons. The highest BCUT2D eigenvalue weighted by Gasteiger charge is 2.35. The van der Waals surface area contributed by atoms with Gasteiger partial charge in [-0.05, 0) is 66.6 Å². The second-order valence-electron chi connectivity index (χ2n) is 13.0. The molecule has 2 fully saturated rings. The number of urea groups is 1. The molecule has 1 saturated carbocycles. The highest BCUT2D eigenvalue weighted by molar-refractivity contribution is 5.89. The van der Waals surface area contributed by atoms with Crippen LogP contribution in [0.2, 0.25) is 0 Å². The van der Waals surface area contributed by atoms with Gasteiger partial charge in [0.2, 0.25) is 0 Å². The van der Waals surface area contributed by atoms with E-state index in [0.717, 1.165) is 40.5 Å². The number of aliphatic hydroxyl groups is 1. The number of rotatable bonds is 9. The molecule has 3 N–H and O–H groups in total. The van der Waals surface area contributed by atoms with E-state index in [1.807, 2.05) is 24.0 Å². The molecule has 0 bridgehead atoms. The van der Waals surface area contributed by atoms with Crippen molar-refractivity contribution in [1.29, 1.82) is 0 Å². The van der Waals surface area contributed by atoms with Crippen LogP contribution in [0.1, 0.15) is 66.1 Å². The van der Waals surface area contributed by atoms with Crippen molar-refractivity contribution < 1.29 is 27.8 Å². The molecule has 3 aromatic heterocycles. The number of H-pyrrole nitrogens is 1. The minimum absolute atomic E-state index is 0.0297. The summed E-state index contributed by atoms with van der Waals surface area (Å²) >= 11 is 0. The second-order valence-corrected chi connectivity index (χ2v) is 13.0. The Morgan fingerprint density at radius 1 is 1.08 bits per heavy atom. The third kappa shape index (κ3) is 6.99. The highest BCUT2D eigenvalue weighted by atomic mass is 19.4. The molecule has 1 atom stereocenters. The monoisotopic (exact) mass is 663 g/mol. The maximum atomic E-state index is 14.2. The van der Waals surface area contributed by atoms with Gasteiger partial charge in [0.1, 0.15) is 17.1 Å². The fourth-order valence-electron chi connectivity index (χ4n) is 6.81. The Morgan fingerprint density at radius 3 is 2.60 bits per heavy atom. The quantitative estimate of drug-likeness (QED) is 0.193. The predicted octanol–water partition coefficient (Wildman–Crippen LogP) is 6.30. The zero-order valence-corrected chi connectivity index (χ0v) is 26.9. The summed E-state index contributed by atoms with van der Waals surface area (Å²) in [5.41, 5.74) is 3.18. The number of carbonyl (C=O) groups is 1. The van der Waals surface area contributed by atoms with Crippen LogP contribution in [-0.2, 0) is 19.3 Å². The van der Waals surface area contributed by atoms with E-state index in [1.165, 1.54) is 25.0 Å². The van der Waals surface area contributed by atoms with Crippen LogP contribution in [0.25, 0.3) is 11.0 Å². The van der Waals surface area contributed by atoms with E-state index in [2.05, 4.69) is 26.3 Å². The molecule has 2 amide bonds. The molecule has 2 aliphatic heterocycles. The summed E-state index contributed by atoms with van der Waals surface area (Å²) in [6.45, 7) is 6.07. The molecule has 0 radical (unpaired) electrons. The van der Waals surface area contributed by atoms with Crippen molar-refractivity contribution in [1.82, 2.24) is 29.7 Å². The fraction of sp³-hybridized carbons (Fsp3) is 0.457. The van der Waals surface area contributed by atoms with Gasteiger partial charge in [-0.2, -0.15) is 13.2 Å². The first-order chi connectivity index (χ1) is 23.2. The third-order valence-corrected chi connectivity index (χ3v) is 9.64. The van der Waals surface area contributed by atoms with Crippen LogP contribution >= 0.6 is 0 Å². The maximum Gasteiger partial charge on any atom is 0.416 e. The van der Waals surface area contributed by atoms with E-state index in [-0.39, 0.29) is 36.9 Å². The van der Waals surface area contributed by atoms with Crippen molar-refractivity contribution in [2.75, 3.05) is 51.2 Å². The maximum absolute atomic E-state index is 14.2. The Kier molecular flexibility index (Phi) is 9.01. The minimum atomic E-state index is -4.57. The number of hydrogen-bond donors (Lipinski definition) is 3. The molecule has 4 aromatic rings. The summed E-state index contributed by atoms with van der Waals surface area (Å²) in [6, 6.07) is 9.37.